The SMILES string of the molecule is CSC[C@H](N[C@@H]1CCCC[C@H]1O)c1ccccc1. The Balaban J connectivity index is 2.01. The van der Waals surface area contributed by atoms with E-state index in [1.807, 2.05) is 11.8 Å². The average molecular weight is 265 g/mol. The second-order valence-electron chi connectivity index (χ2n) is 5.04. The highest BCUT2D eigenvalue weighted by Crippen LogP contribution is 2.23. The van der Waals surface area contributed by atoms with E-state index in [0.29, 0.717) is 6.04 Å². The van der Waals surface area contributed by atoms with Gasteiger partial charge in [-0.25, -0.2) is 0 Å². The first-order valence-corrected chi connectivity index (χ1v) is 8.18. The van der Waals surface area contributed by atoms with Crippen molar-refractivity contribution in [3.8, 4) is 0 Å². The van der Waals surface area contributed by atoms with Gasteiger partial charge in [-0.15, -0.1) is 0 Å². The minimum absolute atomic E-state index is 0.174. The van der Waals surface area contributed by atoms with Crippen molar-refractivity contribution in [2.24, 2.45) is 0 Å². The topological polar surface area (TPSA) is 32.3 Å². The molecule has 0 bridgehead atoms. The standard InChI is InChI=1S/C15H23NOS/c1-18-11-14(12-7-3-2-4-8-12)16-13-9-5-6-10-15(13)17/h2-4,7-8,13-17H,5-6,9-11H2,1H3/t13-,14+,15-/m1/s1. The molecule has 3 atom stereocenters. The summed E-state index contributed by atoms with van der Waals surface area (Å²) >= 11 is 1.85. The zero-order valence-corrected chi connectivity index (χ0v) is 11.8. The van der Waals surface area contributed by atoms with Crippen LogP contribution in [0.3, 0.4) is 0 Å². The molecule has 100 valence electrons. The van der Waals surface area contributed by atoms with E-state index in [0.717, 1.165) is 25.0 Å². The summed E-state index contributed by atoms with van der Waals surface area (Å²) in [5.41, 5.74) is 1.32. The monoisotopic (exact) mass is 265 g/mol. The van der Waals surface area contributed by atoms with Crippen molar-refractivity contribution in [2.45, 2.75) is 43.9 Å². The first kappa shape index (κ1) is 13.9. The van der Waals surface area contributed by atoms with E-state index in [-0.39, 0.29) is 12.1 Å². The number of thioether (sulfide) groups is 1. The van der Waals surface area contributed by atoms with Crippen molar-refractivity contribution in [1.82, 2.24) is 5.32 Å². The van der Waals surface area contributed by atoms with Gasteiger partial charge in [0, 0.05) is 17.8 Å². The van der Waals surface area contributed by atoms with Crippen LogP contribution >= 0.6 is 11.8 Å². The van der Waals surface area contributed by atoms with E-state index in [2.05, 4.69) is 41.9 Å². The molecule has 1 aliphatic carbocycles. The van der Waals surface area contributed by atoms with E-state index in [9.17, 15) is 5.11 Å². The van der Waals surface area contributed by atoms with Gasteiger partial charge in [0.25, 0.3) is 0 Å². The van der Waals surface area contributed by atoms with E-state index in [1.54, 1.807) is 0 Å². The summed E-state index contributed by atoms with van der Waals surface area (Å²) in [6.07, 6.45) is 6.39. The summed E-state index contributed by atoms with van der Waals surface area (Å²) in [5.74, 6) is 1.05. The van der Waals surface area contributed by atoms with Gasteiger partial charge in [-0.3, -0.25) is 0 Å². The molecular weight excluding hydrogens is 242 g/mol. The third kappa shape index (κ3) is 3.74. The maximum absolute atomic E-state index is 10.1. The Morgan fingerprint density at radius 1 is 1.28 bits per heavy atom. The molecule has 0 spiro atoms. The molecule has 0 amide bonds. The molecule has 1 aliphatic rings. The summed E-state index contributed by atoms with van der Waals surface area (Å²) in [4.78, 5) is 0. The highest BCUT2D eigenvalue weighted by Gasteiger charge is 2.25. The molecule has 18 heavy (non-hydrogen) atoms. The fourth-order valence-corrected chi connectivity index (χ4v) is 3.28. The first-order valence-electron chi connectivity index (χ1n) is 6.79. The Kier molecular flexibility index (Phi) is 5.54. The number of hydrogen-bond donors (Lipinski definition) is 2. The normalized spacial score (nSPS) is 25.9. The van der Waals surface area contributed by atoms with E-state index in [4.69, 9.17) is 0 Å². The molecule has 1 aromatic carbocycles. The molecule has 1 fully saturated rings. The number of nitrogens with one attached hydrogen (secondary N) is 1. The van der Waals surface area contributed by atoms with Crippen LogP contribution in [0.15, 0.2) is 30.3 Å². The average Bonchev–Trinajstić information content (AvgIpc) is 2.42. The van der Waals surface area contributed by atoms with Crippen molar-refractivity contribution in [3.05, 3.63) is 35.9 Å². The van der Waals surface area contributed by atoms with Gasteiger partial charge >= 0.3 is 0 Å². The molecule has 1 aromatic rings. The van der Waals surface area contributed by atoms with Crippen molar-refractivity contribution < 1.29 is 5.11 Å². The van der Waals surface area contributed by atoms with Gasteiger partial charge in [0.2, 0.25) is 0 Å². The molecule has 0 saturated heterocycles. The Bertz CT molecular complexity index is 344. The van der Waals surface area contributed by atoms with Gasteiger partial charge in [-0.1, -0.05) is 43.2 Å². The highest BCUT2D eigenvalue weighted by molar-refractivity contribution is 7.98. The van der Waals surface area contributed by atoms with Crippen molar-refractivity contribution in [3.63, 3.8) is 0 Å². The van der Waals surface area contributed by atoms with Crippen LogP contribution in [-0.4, -0.2) is 29.3 Å². The Hall–Kier alpha value is -0.510. The summed E-state index contributed by atoms with van der Waals surface area (Å²) in [6, 6.07) is 11.2. The Morgan fingerprint density at radius 2 is 2.00 bits per heavy atom. The van der Waals surface area contributed by atoms with Gasteiger partial charge in [0.05, 0.1) is 6.10 Å². The molecule has 2 rings (SSSR count). The summed E-state index contributed by atoms with van der Waals surface area (Å²) < 4.78 is 0. The van der Waals surface area contributed by atoms with Crippen LogP contribution in [0.2, 0.25) is 0 Å². The van der Waals surface area contributed by atoms with Crippen LogP contribution < -0.4 is 5.32 Å². The van der Waals surface area contributed by atoms with E-state index >= 15 is 0 Å². The molecule has 0 aromatic heterocycles. The lowest BCUT2D eigenvalue weighted by Gasteiger charge is -2.32. The lowest BCUT2D eigenvalue weighted by Crippen LogP contribution is -2.44. The summed E-state index contributed by atoms with van der Waals surface area (Å²) in [6.45, 7) is 0. The third-order valence-corrected chi connectivity index (χ3v) is 4.35. The Labute approximate surface area is 114 Å². The quantitative estimate of drug-likeness (QED) is 0.858. The smallest absolute Gasteiger partial charge is 0.0693 e. The maximum atomic E-state index is 10.1. The molecular formula is C15H23NOS. The fraction of sp³-hybridized carbons (Fsp3) is 0.600. The molecule has 0 heterocycles. The number of rotatable bonds is 5. The van der Waals surface area contributed by atoms with Gasteiger partial charge in [0.15, 0.2) is 0 Å². The predicted octanol–water partition coefficient (Wildman–Crippen LogP) is 2.98. The maximum Gasteiger partial charge on any atom is 0.0693 e. The number of aliphatic hydroxyl groups excluding tert-OH is 1. The molecule has 2 nitrogen and oxygen atoms in total. The van der Waals surface area contributed by atoms with Gasteiger partial charge in [-0.05, 0) is 24.7 Å². The van der Waals surface area contributed by atoms with E-state index in [1.165, 1.54) is 12.0 Å². The lowest BCUT2D eigenvalue weighted by molar-refractivity contribution is 0.0863. The molecule has 3 heteroatoms. The second kappa shape index (κ2) is 7.17. The van der Waals surface area contributed by atoms with Crippen molar-refractivity contribution >= 4 is 11.8 Å². The second-order valence-corrected chi connectivity index (χ2v) is 5.95. The van der Waals surface area contributed by atoms with Crippen molar-refractivity contribution in [2.75, 3.05) is 12.0 Å². The van der Waals surface area contributed by atoms with Crippen molar-refractivity contribution in [1.29, 1.82) is 0 Å². The molecule has 2 N–H and O–H groups in total. The molecule has 0 radical (unpaired) electrons. The lowest BCUT2D eigenvalue weighted by atomic mass is 9.91. The van der Waals surface area contributed by atoms with Crippen LogP contribution in [0.1, 0.15) is 37.3 Å². The summed E-state index contributed by atoms with van der Waals surface area (Å²) in [5, 5.41) is 13.7. The largest absolute Gasteiger partial charge is 0.392 e. The first-order chi connectivity index (χ1) is 8.81. The van der Waals surface area contributed by atoms with Crippen LogP contribution in [0.25, 0.3) is 0 Å². The number of aliphatic hydroxyl groups is 1. The Morgan fingerprint density at radius 3 is 2.67 bits per heavy atom. The zero-order valence-electron chi connectivity index (χ0n) is 11.0. The fourth-order valence-electron chi connectivity index (χ4n) is 2.66. The minimum Gasteiger partial charge on any atom is -0.392 e. The predicted molar refractivity (Wildman–Crippen MR) is 79.0 cm³/mol. The molecule has 1 saturated carbocycles. The number of benzene rings is 1. The van der Waals surface area contributed by atoms with Crippen LogP contribution in [0.4, 0.5) is 0 Å². The zero-order chi connectivity index (χ0) is 12.8. The van der Waals surface area contributed by atoms with E-state index < -0.39 is 0 Å². The molecule has 0 unspecified atom stereocenters. The summed E-state index contributed by atoms with van der Waals surface area (Å²) in [7, 11) is 0. The third-order valence-electron chi connectivity index (χ3n) is 3.68. The minimum atomic E-state index is -0.174. The van der Waals surface area contributed by atoms with Crippen LogP contribution in [0.5, 0.6) is 0 Å². The van der Waals surface area contributed by atoms with Crippen LogP contribution in [0, 0.1) is 0 Å². The number of hydrogen-bond acceptors (Lipinski definition) is 3. The molecule has 0 aliphatic heterocycles. The van der Waals surface area contributed by atoms with Crippen LogP contribution in [-0.2, 0) is 0 Å². The van der Waals surface area contributed by atoms with Gasteiger partial charge in [-0.2, -0.15) is 11.8 Å². The van der Waals surface area contributed by atoms with Gasteiger partial charge in [0.1, 0.15) is 0 Å². The van der Waals surface area contributed by atoms with Gasteiger partial charge < -0.3 is 10.4 Å². The highest BCUT2D eigenvalue weighted by atomic mass is 32.2.